The van der Waals surface area contributed by atoms with Gasteiger partial charge in [0.1, 0.15) is 11.8 Å². The predicted molar refractivity (Wildman–Crippen MR) is 94.5 cm³/mol. The van der Waals surface area contributed by atoms with Crippen LogP contribution in [-0.2, 0) is 14.4 Å². The van der Waals surface area contributed by atoms with Crippen LogP contribution < -0.4 is 10.8 Å². The van der Waals surface area contributed by atoms with Gasteiger partial charge >= 0.3 is 5.97 Å². The first-order chi connectivity index (χ1) is 12.1. The van der Waals surface area contributed by atoms with Crippen molar-refractivity contribution in [2.75, 3.05) is 26.2 Å². The zero-order valence-corrected chi connectivity index (χ0v) is 15.2. The van der Waals surface area contributed by atoms with E-state index in [4.69, 9.17) is 4.84 Å². The number of allylic oxidation sites excluding steroid dienone is 1. The Morgan fingerprint density at radius 2 is 2.16 bits per heavy atom. The van der Waals surface area contributed by atoms with Crippen molar-refractivity contribution in [3.63, 3.8) is 0 Å². The van der Waals surface area contributed by atoms with Crippen LogP contribution >= 0.6 is 0 Å². The van der Waals surface area contributed by atoms with Crippen molar-refractivity contribution >= 4 is 12.4 Å². The van der Waals surface area contributed by atoms with Gasteiger partial charge in [0, 0.05) is 6.54 Å². The molecule has 142 valence electrons. The van der Waals surface area contributed by atoms with Crippen molar-refractivity contribution in [3.8, 4) is 0 Å². The monoisotopic (exact) mass is 353 g/mol. The molecule has 1 saturated carbocycles. The number of piperidine rings is 1. The second kappa shape index (κ2) is 9.77. The molecular formula is C18H31N3O4. The number of aliphatic carboxylic acids is 1. The van der Waals surface area contributed by atoms with Crippen molar-refractivity contribution in [1.82, 2.24) is 15.7 Å². The number of carboxylic acids is 1. The van der Waals surface area contributed by atoms with E-state index in [9.17, 15) is 14.7 Å². The molecule has 2 fully saturated rings. The number of carbonyl (C=O) groups excluding carboxylic acids is 1. The van der Waals surface area contributed by atoms with Gasteiger partial charge in [-0.1, -0.05) is 6.92 Å². The van der Waals surface area contributed by atoms with Gasteiger partial charge in [0.05, 0.1) is 6.54 Å². The standard InChI is InChI=1S/C18H31N3O4/c1-3-16(25-20-12-22)11-21(4-2)10-13-5-6-14-9-19-17(18(23)24)8-15(14)7-13/h3,12-15,17,19H,4-11H2,1-2H3,(H,20,22)(H,23,24)/b16-3-. The van der Waals surface area contributed by atoms with E-state index in [1.807, 2.05) is 13.0 Å². The molecule has 1 heterocycles. The maximum Gasteiger partial charge on any atom is 0.320 e. The maximum atomic E-state index is 11.3. The van der Waals surface area contributed by atoms with Crippen LogP contribution in [0.3, 0.4) is 0 Å². The number of hydrogen-bond donors (Lipinski definition) is 3. The summed E-state index contributed by atoms with van der Waals surface area (Å²) in [7, 11) is 0. The third kappa shape index (κ3) is 5.71. The van der Waals surface area contributed by atoms with Crippen LogP contribution in [0.2, 0.25) is 0 Å². The van der Waals surface area contributed by atoms with Crippen molar-refractivity contribution in [3.05, 3.63) is 11.8 Å². The number of rotatable bonds is 9. The van der Waals surface area contributed by atoms with E-state index >= 15 is 0 Å². The van der Waals surface area contributed by atoms with Crippen LogP contribution in [-0.4, -0.2) is 54.6 Å². The van der Waals surface area contributed by atoms with E-state index in [0.717, 1.165) is 38.2 Å². The van der Waals surface area contributed by atoms with Crippen LogP contribution in [0.1, 0.15) is 39.5 Å². The van der Waals surface area contributed by atoms with Gasteiger partial charge in [-0.3, -0.25) is 14.5 Å². The molecule has 1 amide bonds. The Hall–Kier alpha value is -1.60. The number of nitrogens with zero attached hydrogens (tertiary/aromatic N) is 1. The van der Waals surface area contributed by atoms with E-state index in [2.05, 4.69) is 22.6 Å². The molecule has 2 aliphatic rings. The molecule has 0 aromatic heterocycles. The number of hydrogen-bond acceptors (Lipinski definition) is 5. The van der Waals surface area contributed by atoms with Crippen LogP contribution in [0.4, 0.5) is 0 Å². The molecular weight excluding hydrogens is 322 g/mol. The molecule has 0 bridgehead atoms. The predicted octanol–water partition coefficient (Wildman–Crippen LogP) is 1.37. The number of amides is 1. The van der Waals surface area contributed by atoms with Crippen molar-refractivity contribution in [1.29, 1.82) is 0 Å². The van der Waals surface area contributed by atoms with Crippen molar-refractivity contribution in [2.24, 2.45) is 17.8 Å². The lowest BCUT2D eigenvalue weighted by Crippen LogP contribution is -2.50. The number of carbonyl (C=O) groups is 2. The summed E-state index contributed by atoms with van der Waals surface area (Å²) in [6, 6.07) is -0.389. The van der Waals surface area contributed by atoms with Gasteiger partial charge in [0.25, 0.3) is 0 Å². The van der Waals surface area contributed by atoms with E-state index in [1.54, 1.807) is 0 Å². The molecule has 0 aromatic rings. The number of hydroxylamine groups is 1. The van der Waals surface area contributed by atoms with Gasteiger partial charge in [0.15, 0.2) is 0 Å². The SMILES string of the molecule is C/C=C(/CN(CC)CC1CCC2CNC(C(=O)O)CC2C1)ONC=O. The summed E-state index contributed by atoms with van der Waals surface area (Å²) in [4.78, 5) is 29.2. The van der Waals surface area contributed by atoms with E-state index in [-0.39, 0.29) is 6.04 Å². The van der Waals surface area contributed by atoms with Crippen LogP contribution in [0.25, 0.3) is 0 Å². The molecule has 1 aliphatic heterocycles. The highest BCUT2D eigenvalue weighted by molar-refractivity contribution is 5.73. The molecule has 7 heteroatoms. The minimum Gasteiger partial charge on any atom is -0.480 e. The second-order valence-corrected chi connectivity index (χ2v) is 7.15. The fraction of sp³-hybridized carbons (Fsp3) is 0.778. The Morgan fingerprint density at radius 3 is 2.80 bits per heavy atom. The Kier molecular flexibility index (Phi) is 7.71. The summed E-state index contributed by atoms with van der Waals surface area (Å²) in [5.41, 5.74) is 2.25. The van der Waals surface area contributed by atoms with Crippen LogP contribution in [0.5, 0.6) is 0 Å². The first-order valence-corrected chi connectivity index (χ1v) is 9.27. The molecule has 4 atom stereocenters. The fourth-order valence-corrected chi connectivity index (χ4v) is 4.19. The lowest BCUT2D eigenvalue weighted by Gasteiger charge is -2.42. The zero-order chi connectivity index (χ0) is 18.2. The molecule has 25 heavy (non-hydrogen) atoms. The highest BCUT2D eigenvalue weighted by atomic mass is 16.7. The number of nitrogens with one attached hydrogen (secondary N) is 2. The van der Waals surface area contributed by atoms with Crippen molar-refractivity contribution in [2.45, 2.75) is 45.6 Å². The lowest BCUT2D eigenvalue weighted by atomic mass is 9.69. The van der Waals surface area contributed by atoms with Gasteiger partial charge in [-0.2, -0.15) is 5.48 Å². The Labute approximate surface area is 149 Å². The Balaban J connectivity index is 1.86. The fourth-order valence-electron chi connectivity index (χ4n) is 4.19. The first-order valence-electron chi connectivity index (χ1n) is 9.27. The highest BCUT2D eigenvalue weighted by Crippen LogP contribution is 2.38. The average molecular weight is 353 g/mol. The molecule has 0 aromatic carbocycles. The summed E-state index contributed by atoms with van der Waals surface area (Å²) in [6.45, 7) is 7.40. The molecule has 3 N–H and O–H groups in total. The van der Waals surface area contributed by atoms with E-state index in [1.165, 1.54) is 12.8 Å². The largest absolute Gasteiger partial charge is 0.480 e. The summed E-state index contributed by atoms with van der Waals surface area (Å²) in [5.74, 6) is 1.72. The maximum absolute atomic E-state index is 11.3. The number of carboxylic acid groups (broad SMARTS) is 1. The molecule has 4 unspecified atom stereocenters. The Morgan fingerprint density at radius 1 is 1.36 bits per heavy atom. The lowest BCUT2D eigenvalue weighted by molar-refractivity contribution is -0.141. The summed E-state index contributed by atoms with van der Waals surface area (Å²) in [5, 5.41) is 12.4. The molecule has 7 nitrogen and oxygen atoms in total. The van der Waals surface area contributed by atoms with E-state index in [0.29, 0.717) is 30.7 Å². The minimum atomic E-state index is -0.728. The van der Waals surface area contributed by atoms with Gasteiger partial charge in [0.2, 0.25) is 6.41 Å². The summed E-state index contributed by atoms with van der Waals surface area (Å²) < 4.78 is 0. The van der Waals surface area contributed by atoms with Crippen LogP contribution in [0.15, 0.2) is 11.8 Å². The molecule has 0 radical (unpaired) electrons. The van der Waals surface area contributed by atoms with Gasteiger partial charge in [-0.25, -0.2) is 0 Å². The summed E-state index contributed by atoms with van der Waals surface area (Å²) in [6.07, 6.45) is 6.60. The normalized spacial score (nSPS) is 29.8. The quantitative estimate of drug-likeness (QED) is 0.329. The highest BCUT2D eigenvalue weighted by Gasteiger charge is 2.37. The third-order valence-electron chi connectivity index (χ3n) is 5.61. The van der Waals surface area contributed by atoms with Crippen molar-refractivity contribution < 1.29 is 19.5 Å². The first kappa shape index (κ1) is 19.7. The smallest absolute Gasteiger partial charge is 0.320 e. The second-order valence-electron chi connectivity index (χ2n) is 7.15. The van der Waals surface area contributed by atoms with E-state index < -0.39 is 5.97 Å². The van der Waals surface area contributed by atoms with Gasteiger partial charge in [-0.15, -0.1) is 0 Å². The molecule has 1 aliphatic carbocycles. The molecule has 0 spiro atoms. The van der Waals surface area contributed by atoms with Gasteiger partial charge < -0.3 is 15.3 Å². The number of fused-ring (bicyclic) bond motifs is 1. The average Bonchev–Trinajstić information content (AvgIpc) is 2.63. The van der Waals surface area contributed by atoms with Gasteiger partial charge in [-0.05, 0) is 69.5 Å². The topological polar surface area (TPSA) is 90.9 Å². The Bertz CT molecular complexity index is 483. The van der Waals surface area contributed by atoms with Crippen LogP contribution in [0, 0.1) is 17.8 Å². The number of likely N-dealkylation sites (N-methyl/N-ethyl adjacent to an activating group) is 1. The third-order valence-corrected chi connectivity index (χ3v) is 5.61. The molecule has 1 saturated heterocycles. The molecule has 2 rings (SSSR count). The summed E-state index contributed by atoms with van der Waals surface area (Å²) >= 11 is 0. The zero-order valence-electron chi connectivity index (χ0n) is 15.2. The minimum absolute atomic E-state index is 0.389.